The number of rotatable bonds is 2. The zero-order chi connectivity index (χ0) is 16.7. The van der Waals surface area contributed by atoms with Crippen LogP contribution in [0.1, 0.15) is 10.4 Å². The van der Waals surface area contributed by atoms with E-state index in [0.29, 0.717) is 11.3 Å². The SMILES string of the molecule is O=C(Nc1nc2cc(F)c(F)c(F)c2s1)c1ccc(F)c(Cl)c1. The number of carbonyl (C=O) groups is 1. The molecule has 1 aromatic heterocycles. The van der Waals surface area contributed by atoms with Crippen molar-refractivity contribution in [1.29, 1.82) is 0 Å². The quantitative estimate of drug-likeness (QED) is 0.529. The van der Waals surface area contributed by atoms with Crippen LogP contribution in [-0.2, 0) is 0 Å². The fraction of sp³-hybridized carbons (Fsp3) is 0. The molecule has 118 valence electrons. The molecule has 0 aliphatic carbocycles. The molecule has 1 heterocycles. The minimum absolute atomic E-state index is 0.0495. The van der Waals surface area contributed by atoms with Crippen LogP contribution in [-0.4, -0.2) is 10.9 Å². The van der Waals surface area contributed by atoms with Gasteiger partial charge in [-0.1, -0.05) is 22.9 Å². The summed E-state index contributed by atoms with van der Waals surface area (Å²) in [7, 11) is 0. The third kappa shape index (κ3) is 2.87. The van der Waals surface area contributed by atoms with Gasteiger partial charge in [-0.2, -0.15) is 0 Å². The van der Waals surface area contributed by atoms with Gasteiger partial charge in [-0.3, -0.25) is 10.1 Å². The number of fused-ring (bicyclic) bond motifs is 1. The lowest BCUT2D eigenvalue weighted by Gasteiger charge is -2.02. The van der Waals surface area contributed by atoms with Crippen molar-refractivity contribution in [3.8, 4) is 0 Å². The minimum Gasteiger partial charge on any atom is -0.298 e. The van der Waals surface area contributed by atoms with E-state index in [9.17, 15) is 22.4 Å². The van der Waals surface area contributed by atoms with Crippen LogP contribution in [0.25, 0.3) is 10.2 Å². The normalized spacial score (nSPS) is 11.0. The van der Waals surface area contributed by atoms with Crippen molar-refractivity contribution in [2.75, 3.05) is 5.32 Å². The van der Waals surface area contributed by atoms with E-state index < -0.39 is 29.2 Å². The zero-order valence-corrected chi connectivity index (χ0v) is 12.5. The molecule has 3 aromatic rings. The van der Waals surface area contributed by atoms with Crippen molar-refractivity contribution in [3.63, 3.8) is 0 Å². The zero-order valence-electron chi connectivity index (χ0n) is 11.0. The number of benzene rings is 2. The average Bonchev–Trinajstić information content (AvgIpc) is 2.90. The summed E-state index contributed by atoms with van der Waals surface area (Å²) in [5.74, 6) is -5.71. The van der Waals surface area contributed by atoms with Crippen molar-refractivity contribution in [2.24, 2.45) is 0 Å². The smallest absolute Gasteiger partial charge is 0.257 e. The molecule has 0 radical (unpaired) electrons. The molecule has 0 spiro atoms. The Morgan fingerprint density at radius 1 is 1.09 bits per heavy atom. The second-order valence-electron chi connectivity index (χ2n) is 4.44. The van der Waals surface area contributed by atoms with Gasteiger partial charge in [0.25, 0.3) is 5.91 Å². The van der Waals surface area contributed by atoms with E-state index in [-0.39, 0.29) is 25.9 Å². The lowest BCUT2D eigenvalue weighted by molar-refractivity contribution is 0.102. The maximum Gasteiger partial charge on any atom is 0.257 e. The van der Waals surface area contributed by atoms with Crippen LogP contribution >= 0.6 is 22.9 Å². The summed E-state index contributed by atoms with van der Waals surface area (Å²) >= 11 is 6.23. The van der Waals surface area contributed by atoms with Gasteiger partial charge in [0.05, 0.1) is 15.2 Å². The third-order valence-electron chi connectivity index (χ3n) is 2.92. The van der Waals surface area contributed by atoms with Crippen molar-refractivity contribution in [1.82, 2.24) is 4.98 Å². The topological polar surface area (TPSA) is 42.0 Å². The summed E-state index contributed by atoms with van der Waals surface area (Å²) in [5, 5.41) is 2.04. The fourth-order valence-electron chi connectivity index (χ4n) is 1.84. The molecule has 23 heavy (non-hydrogen) atoms. The number of aromatic nitrogens is 1. The van der Waals surface area contributed by atoms with Gasteiger partial charge in [-0.05, 0) is 18.2 Å². The number of halogens is 5. The average molecular weight is 361 g/mol. The molecule has 3 nitrogen and oxygen atoms in total. The van der Waals surface area contributed by atoms with Gasteiger partial charge >= 0.3 is 0 Å². The first-order valence-electron chi connectivity index (χ1n) is 6.07. The maximum absolute atomic E-state index is 13.6. The van der Waals surface area contributed by atoms with Gasteiger partial charge in [0.15, 0.2) is 22.6 Å². The Morgan fingerprint density at radius 2 is 1.83 bits per heavy atom. The summed E-state index contributed by atoms with van der Waals surface area (Å²) in [5.41, 5.74) is -0.0765. The van der Waals surface area contributed by atoms with Crippen molar-refractivity contribution in [3.05, 3.63) is 58.1 Å². The summed E-state index contributed by atoms with van der Waals surface area (Å²) < 4.78 is 52.8. The number of thiazole rings is 1. The van der Waals surface area contributed by atoms with E-state index in [0.717, 1.165) is 18.2 Å². The number of anilines is 1. The molecule has 2 aromatic carbocycles. The van der Waals surface area contributed by atoms with Gasteiger partial charge in [0.1, 0.15) is 5.82 Å². The van der Waals surface area contributed by atoms with E-state index in [1.54, 1.807) is 0 Å². The molecular formula is C14H5ClF4N2OS. The Hall–Kier alpha value is -2.19. The summed E-state index contributed by atoms with van der Waals surface area (Å²) in [6.45, 7) is 0. The predicted molar refractivity (Wildman–Crippen MR) is 78.9 cm³/mol. The van der Waals surface area contributed by atoms with Gasteiger partial charge in [-0.25, -0.2) is 22.5 Å². The monoisotopic (exact) mass is 360 g/mol. The van der Waals surface area contributed by atoms with Crippen molar-refractivity contribution >= 4 is 44.2 Å². The molecule has 0 bridgehead atoms. The lowest BCUT2D eigenvalue weighted by atomic mass is 10.2. The van der Waals surface area contributed by atoms with Crippen LogP contribution in [0, 0.1) is 23.3 Å². The molecule has 1 amide bonds. The first-order chi connectivity index (χ1) is 10.9. The van der Waals surface area contributed by atoms with E-state index in [4.69, 9.17) is 11.6 Å². The molecule has 9 heteroatoms. The van der Waals surface area contributed by atoms with Crippen LogP contribution in [0.3, 0.4) is 0 Å². The molecule has 0 atom stereocenters. The van der Waals surface area contributed by atoms with E-state index in [2.05, 4.69) is 10.3 Å². The molecule has 0 aliphatic heterocycles. The van der Waals surface area contributed by atoms with Gasteiger partial charge in [0.2, 0.25) is 0 Å². The Balaban J connectivity index is 1.93. The summed E-state index contributed by atoms with van der Waals surface area (Å²) in [6.07, 6.45) is 0. The lowest BCUT2D eigenvalue weighted by Crippen LogP contribution is -2.11. The molecule has 0 unspecified atom stereocenters. The van der Waals surface area contributed by atoms with Crippen LogP contribution in [0.4, 0.5) is 22.7 Å². The molecule has 0 fully saturated rings. The molecule has 1 N–H and O–H groups in total. The number of hydrogen-bond acceptors (Lipinski definition) is 3. The largest absolute Gasteiger partial charge is 0.298 e. The number of nitrogens with zero attached hydrogens (tertiary/aromatic N) is 1. The van der Waals surface area contributed by atoms with Crippen molar-refractivity contribution in [2.45, 2.75) is 0 Å². The maximum atomic E-state index is 13.6. The van der Waals surface area contributed by atoms with Crippen molar-refractivity contribution < 1.29 is 22.4 Å². The Morgan fingerprint density at radius 3 is 2.52 bits per heavy atom. The molecule has 0 saturated heterocycles. The van der Waals surface area contributed by atoms with Crippen LogP contribution in [0.15, 0.2) is 24.3 Å². The predicted octanol–water partition coefficient (Wildman–Crippen LogP) is 4.76. The standard InChI is InChI=1S/C14H5ClF4N2OS/c15-6-3-5(1-2-7(6)16)13(22)21-14-20-9-4-8(17)10(18)11(19)12(9)23-14/h1-4H,(H,20,21,22). The number of amides is 1. The highest BCUT2D eigenvalue weighted by Gasteiger charge is 2.18. The highest BCUT2D eigenvalue weighted by Crippen LogP contribution is 2.31. The first kappa shape index (κ1) is 15.7. The summed E-state index contributed by atoms with van der Waals surface area (Å²) in [6, 6.07) is 4.05. The second kappa shape index (κ2) is 5.78. The third-order valence-corrected chi connectivity index (χ3v) is 4.19. The molecular weight excluding hydrogens is 356 g/mol. The van der Waals surface area contributed by atoms with Crippen LogP contribution in [0.2, 0.25) is 5.02 Å². The Kier molecular flexibility index (Phi) is 3.95. The van der Waals surface area contributed by atoms with Crippen LogP contribution in [0.5, 0.6) is 0 Å². The number of hydrogen-bond donors (Lipinski definition) is 1. The molecule has 0 aliphatic rings. The second-order valence-corrected chi connectivity index (χ2v) is 5.84. The van der Waals surface area contributed by atoms with E-state index in [1.165, 1.54) is 6.07 Å². The van der Waals surface area contributed by atoms with Gasteiger partial charge in [0, 0.05) is 11.6 Å². The first-order valence-corrected chi connectivity index (χ1v) is 7.26. The molecule has 3 rings (SSSR count). The van der Waals surface area contributed by atoms with E-state index >= 15 is 0 Å². The number of nitrogens with one attached hydrogen (secondary N) is 1. The Bertz CT molecular complexity index is 944. The Labute approximate surface area is 135 Å². The number of carbonyl (C=O) groups excluding carboxylic acids is 1. The highest BCUT2D eigenvalue weighted by molar-refractivity contribution is 7.22. The van der Waals surface area contributed by atoms with Crippen LogP contribution < -0.4 is 5.32 Å². The van der Waals surface area contributed by atoms with E-state index in [1.807, 2.05) is 0 Å². The fourth-order valence-corrected chi connectivity index (χ4v) is 2.89. The van der Waals surface area contributed by atoms with Gasteiger partial charge < -0.3 is 0 Å². The highest BCUT2D eigenvalue weighted by atomic mass is 35.5. The minimum atomic E-state index is -1.61. The van der Waals surface area contributed by atoms with Gasteiger partial charge in [-0.15, -0.1) is 0 Å². The summed E-state index contributed by atoms with van der Waals surface area (Å²) in [4.78, 5) is 15.8. The molecule has 0 saturated carbocycles.